The van der Waals surface area contributed by atoms with Crippen LogP contribution in [0.25, 0.3) is 11.1 Å². The van der Waals surface area contributed by atoms with Crippen LogP contribution < -0.4 is 9.46 Å². The lowest BCUT2D eigenvalue weighted by Gasteiger charge is -2.30. The van der Waals surface area contributed by atoms with Gasteiger partial charge in [0.25, 0.3) is 10.0 Å². The van der Waals surface area contributed by atoms with Gasteiger partial charge in [0, 0.05) is 18.8 Å². The van der Waals surface area contributed by atoms with E-state index in [0.29, 0.717) is 28.9 Å². The topological polar surface area (TPSA) is 120 Å². The van der Waals surface area contributed by atoms with Crippen molar-refractivity contribution in [3.05, 3.63) is 59.0 Å². The normalized spacial score (nSPS) is 14.5. The van der Waals surface area contributed by atoms with Crippen LogP contribution in [0, 0.1) is 13.8 Å². The second-order valence-electron chi connectivity index (χ2n) is 10.4. The van der Waals surface area contributed by atoms with Gasteiger partial charge in [-0.1, -0.05) is 6.07 Å². The lowest BCUT2D eigenvalue weighted by molar-refractivity contribution is -0.160. The van der Waals surface area contributed by atoms with Crippen LogP contribution in [0.4, 0.5) is 5.69 Å². The van der Waals surface area contributed by atoms with Crippen molar-refractivity contribution < 1.29 is 27.8 Å². The third kappa shape index (κ3) is 5.65. The van der Waals surface area contributed by atoms with E-state index in [1.165, 1.54) is 12.5 Å². The van der Waals surface area contributed by atoms with E-state index in [2.05, 4.69) is 9.71 Å². The van der Waals surface area contributed by atoms with E-state index < -0.39 is 27.7 Å². The summed E-state index contributed by atoms with van der Waals surface area (Å²) in [6.07, 6.45) is 3.23. The number of anilines is 1. The highest BCUT2D eigenvalue weighted by atomic mass is 32.2. The summed E-state index contributed by atoms with van der Waals surface area (Å²) >= 11 is 0. The van der Waals surface area contributed by atoms with E-state index in [9.17, 15) is 18.3 Å². The minimum absolute atomic E-state index is 0.131. The SMILES string of the molecule is Cc1cc(NS(=O)(=O)c2cn(C)cn2)c(C)c(C(OC(C)(C)C)C(=O)O)c1-c1ccc2c(c1)CCCO2. The summed E-state index contributed by atoms with van der Waals surface area (Å²) in [5.74, 6) is -0.337. The van der Waals surface area contributed by atoms with Crippen molar-refractivity contribution in [2.24, 2.45) is 7.05 Å². The molecule has 1 unspecified atom stereocenters. The first-order chi connectivity index (χ1) is 17.3. The lowest BCUT2D eigenvalue weighted by atomic mass is 9.86. The zero-order valence-electron chi connectivity index (χ0n) is 22.0. The molecule has 1 aliphatic heterocycles. The first-order valence-electron chi connectivity index (χ1n) is 12.1. The third-order valence-electron chi connectivity index (χ3n) is 6.19. The van der Waals surface area contributed by atoms with E-state index in [1.807, 2.05) is 25.1 Å². The Bertz CT molecular complexity index is 1450. The Kier molecular flexibility index (Phi) is 7.09. The first-order valence-corrected chi connectivity index (χ1v) is 13.6. The average molecular weight is 528 g/mol. The molecule has 2 aromatic carbocycles. The summed E-state index contributed by atoms with van der Waals surface area (Å²) in [5, 5.41) is 10.1. The largest absolute Gasteiger partial charge is 0.493 e. The number of hydrogen-bond acceptors (Lipinski definition) is 6. The van der Waals surface area contributed by atoms with Gasteiger partial charge in [-0.15, -0.1) is 0 Å². The number of carboxylic acid groups (broad SMARTS) is 1. The van der Waals surface area contributed by atoms with Gasteiger partial charge in [-0.25, -0.2) is 9.78 Å². The molecule has 0 saturated heterocycles. The predicted molar refractivity (Wildman–Crippen MR) is 140 cm³/mol. The van der Waals surface area contributed by atoms with Gasteiger partial charge < -0.3 is 19.1 Å². The molecular weight excluding hydrogens is 494 g/mol. The van der Waals surface area contributed by atoms with Crippen molar-refractivity contribution in [2.75, 3.05) is 11.3 Å². The number of benzene rings is 2. The van der Waals surface area contributed by atoms with E-state index in [1.54, 1.807) is 45.4 Å². The third-order valence-corrected chi connectivity index (χ3v) is 7.44. The molecule has 0 amide bonds. The molecule has 198 valence electrons. The molecule has 9 nitrogen and oxygen atoms in total. The molecule has 0 radical (unpaired) electrons. The number of fused-ring (bicyclic) bond motifs is 1. The maximum Gasteiger partial charge on any atom is 0.337 e. The molecule has 0 fully saturated rings. The molecule has 1 aromatic heterocycles. The van der Waals surface area contributed by atoms with E-state index in [-0.39, 0.29) is 10.7 Å². The van der Waals surface area contributed by atoms with Gasteiger partial charge in [0.1, 0.15) is 5.75 Å². The highest BCUT2D eigenvalue weighted by Crippen LogP contribution is 2.42. The van der Waals surface area contributed by atoms with Gasteiger partial charge in [-0.05, 0) is 93.5 Å². The van der Waals surface area contributed by atoms with Gasteiger partial charge in [0.05, 0.1) is 24.2 Å². The monoisotopic (exact) mass is 527 g/mol. The molecule has 1 aliphatic rings. The Balaban J connectivity index is 1.93. The Morgan fingerprint density at radius 1 is 1.24 bits per heavy atom. The minimum atomic E-state index is -4.01. The van der Waals surface area contributed by atoms with Crippen LogP contribution in [0.1, 0.15) is 55.5 Å². The minimum Gasteiger partial charge on any atom is -0.493 e. The number of carboxylic acids is 1. The molecule has 10 heteroatoms. The molecule has 0 saturated carbocycles. The maximum atomic E-state index is 13.1. The summed E-state index contributed by atoms with van der Waals surface area (Å²) < 4.78 is 42.1. The Morgan fingerprint density at radius 2 is 1.97 bits per heavy atom. The second kappa shape index (κ2) is 9.83. The van der Waals surface area contributed by atoms with Crippen molar-refractivity contribution >= 4 is 21.7 Å². The zero-order valence-corrected chi connectivity index (χ0v) is 22.8. The number of carbonyl (C=O) groups is 1. The van der Waals surface area contributed by atoms with Crippen molar-refractivity contribution in [3.8, 4) is 16.9 Å². The number of hydrogen-bond donors (Lipinski definition) is 2. The fourth-order valence-electron chi connectivity index (χ4n) is 4.59. The number of aromatic nitrogens is 2. The summed E-state index contributed by atoms with van der Waals surface area (Å²) in [5.41, 5.74) is 3.64. The maximum absolute atomic E-state index is 13.1. The van der Waals surface area contributed by atoms with E-state index in [4.69, 9.17) is 9.47 Å². The van der Waals surface area contributed by atoms with Crippen molar-refractivity contribution in [2.45, 2.75) is 64.2 Å². The molecule has 0 spiro atoms. The molecule has 2 heterocycles. The number of ether oxygens (including phenoxy) is 2. The number of rotatable bonds is 7. The molecule has 4 rings (SSSR count). The fraction of sp³-hybridized carbons (Fsp3) is 0.407. The zero-order chi connectivity index (χ0) is 27.1. The lowest BCUT2D eigenvalue weighted by Crippen LogP contribution is -2.28. The van der Waals surface area contributed by atoms with Crippen LogP contribution >= 0.6 is 0 Å². The molecule has 1 atom stereocenters. The van der Waals surface area contributed by atoms with Gasteiger partial charge in [0.2, 0.25) is 0 Å². The number of imidazole rings is 1. The van der Waals surface area contributed by atoms with Crippen LogP contribution in [0.2, 0.25) is 0 Å². The van der Waals surface area contributed by atoms with Gasteiger partial charge >= 0.3 is 5.97 Å². The van der Waals surface area contributed by atoms with Gasteiger partial charge in [0.15, 0.2) is 11.1 Å². The van der Waals surface area contributed by atoms with E-state index in [0.717, 1.165) is 29.7 Å². The number of aryl methyl sites for hydroxylation is 3. The van der Waals surface area contributed by atoms with Crippen LogP contribution in [0.5, 0.6) is 5.75 Å². The molecule has 0 bridgehead atoms. The first kappa shape index (κ1) is 26.7. The smallest absolute Gasteiger partial charge is 0.337 e. The number of aliphatic carboxylic acids is 1. The average Bonchev–Trinajstić information content (AvgIpc) is 3.26. The number of sulfonamides is 1. The molecule has 2 N–H and O–H groups in total. The summed E-state index contributed by atoms with van der Waals surface area (Å²) in [6.45, 7) is 9.57. The summed E-state index contributed by atoms with van der Waals surface area (Å²) in [6, 6.07) is 7.55. The quantitative estimate of drug-likeness (QED) is 0.454. The summed E-state index contributed by atoms with van der Waals surface area (Å²) in [7, 11) is -2.33. The van der Waals surface area contributed by atoms with Gasteiger partial charge in [-0.3, -0.25) is 4.72 Å². The highest BCUT2D eigenvalue weighted by Gasteiger charge is 2.33. The van der Waals surface area contributed by atoms with Crippen LogP contribution in [-0.4, -0.2) is 41.3 Å². The van der Waals surface area contributed by atoms with Crippen LogP contribution in [0.3, 0.4) is 0 Å². The Morgan fingerprint density at radius 3 is 2.59 bits per heavy atom. The molecule has 3 aromatic rings. The Labute approximate surface area is 217 Å². The standard InChI is InChI=1S/C27H33N3O6S/c1-16-12-20(29-37(33,34)22-14-30(6)15-28-22)17(2)24(25(26(31)32)36-27(3,4)5)23(16)19-9-10-21-18(13-19)8-7-11-35-21/h9-10,12-15,25,29H,7-8,11H2,1-6H3,(H,31,32). The fourth-order valence-corrected chi connectivity index (χ4v) is 5.68. The second-order valence-corrected chi connectivity index (χ2v) is 12.0. The predicted octanol–water partition coefficient (Wildman–Crippen LogP) is 4.77. The van der Waals surface area contributed by atoms with Crippen LogP contribution in [-0.2, 0) is 33.0 Å². The van der Waals surface area contributed by atoms with Crippen LogP contribution in [0.15, 0.2) is 41.8 Å². The van der Waals surface area contributed by atoms with Crippen molar-refractivity contribution in [1.82, 2.24) is 9.55 Å². The molecular formula is C27H33N3O6S. The number of nitrogens with zero attached hydrogens (tertiary/aromatic N) is 2. The van der Waals surface area contributed by atoms with E-state index >= 15 is 0 Å². The molecule has 37 heavy (non-hydrogen) atoms. The Hall–Kier alpha value is -3.37. The highest BCUT2D eigenvalue weighted by molar-refractivity contribution is 7.92. The number of nitrogens with one attached hydrogen (secondary N) is 1. The molecule has 0 aliphatic carbocycles. The van der Waals surface area contributed by atoms with Crippen molar-refractivity contribution in [3.63, 3.8) is 0 Å². The summed E-state index contributed by atoms with van der Waals surface area (Å²) in [4.78, 5) is 16.5. The van der Waals surface area contributed by atoms with Crippen molar-refractivity contribution in [1.29, 1.82) is 0 Å². The van der Waals surface area contributed by atoms with Gasteiger partial charge in [-0.2, -0.15) is 8.42 Å².